The number of benzene rings is 2. The minimum absolute atomic E-state index is 0.0588. The van der Waals surface area contributed by atoms with E-state index in [0.717, 1.165) is 25.9 Å². The molecule has 2 amide bonds. The topological polar surface area (TPSA) is 49.4 Å². The van der Waals surface area contributed by atoms with Gasteiger partial charge in [-0.15, -0.1) is 0 Å². The Kier molecular flexibility index (Phi) is 5.96. The van der Waals surface area contributed by atoms with Crippen LogP contribution in [0.5, 0.6) is 0 Å². The quantitative estimate of drug-likeness (QED) is 0.758. The lowest BCUT2D eigenvalue weighted by molar-refractivity contribution is -0.111. The summed E-state index contributed by atoms with van der Waals surface area (Å²) in [5.41, 5.74) is 1.56. The summed E-state index contributed by atoms with van der Waals surface area (Å²) in [6, 6.07) is 12.2. The highest BCUT2D eigenvalue weighted by atomic mass is 35.5. The van der Waals surface area contributed by atoms with E-state index in [0.29, 0.717) is 26.9 Å². The highest BCUT2D eigenvalue weighted by molar-refractivity contribution is 6.37. The third-order valence-corrected chi connectivity index (χ3v) is 4.87. The number of hydrogen-bond acceptors (Lipinski definition) is 2. The van der Waals surface area contributed by atoms with Gasteiger partial charge in [-0.05, 0) is 43.2 Å². The summed E-state index contributed by atoms with van der Waals surface area (Å²) in [6.07, 6.45) is 4.94. The summed E-state index contributed by atoms with van der Waals surface area (Å²) in [4.78, 5) is 26.7. The van der Waals surface area contributed by atoms with Crippen molar-refractivity contribution in [2.24, 2.45) is 0 Å². The first-order valence-electron chi connectivity index (χ1n) is 8.37. The molecule has 0 atom stereocenters. The molecule has 0 bridgehead atoms. The summed E-state index contributed by atoms with van der Waals surface area (Å²) in [7, 11) is 0. The highest BCUT2D eigenvalue weighted by Crippen LogP contribution is 2.25. The van der Waals surface area contributed by atoms with Crippen LogP contribution in [0.25, 0.3) is 6.08 Å². The maximum Gasteiger partial charge on any atom is 0.255 e. The van der Waals surface area contributed by atoms with Crippen molar-refractivity contribution in [3.8, 4) is 0 Å². The molecule has 0 radical (unpaired) electrons. The summed E-state index contributed by atoms with van der Waals surface area (Å²) >= 11 is 12.2. The van der Waals surface area contributed by atoms with Crippen LogP contribution in [-0.2, 0) is 4.79 Å². The van der Waals surface area contributed by atoms with E-state index in [4.69, 9.17) is 23.2 Å². The second kappa shape index (κ2) is 8.39. The van der Waals surface area contributed by atoms with Crippen molar-refractivity contribution in [3.05, 3.63) is 69.7 Å². The fraction of sp³-hybridized carbons (Fsp3) is 0.200. The highest BCUT2D eigenvalue weighted by Gasteiger charge is 2.21. The van der Waals surface area contributed by atoms with E-state index in [1.807, 2.05) is 4.90 Å². The van der Waals surface area contributed by atoms with E-state index >= 15 is 0 Å². The first-order chi connectivity index (χ1) is 12.6. The van der Waals surface area contributed by atoms with Crippen LogP contribution in [0.1, 0.15) is 28.8 Å². The third kappa shape index (κ3) is 4.26. The van der Waals surface area contributed by atoms with Crippen molar-refractivity contribution < 1.29 is 9.59 Å². The number of hydrogen-bond donors (Lipinski definition) is 1. The van der Waals surface area contributed by atoms with E-state index in [-0.39, 0.29) is 11.8 Å². The fourth-order valence-electron chi connectivity index (χ4n) is 2.87. The minimum Gasteiger partial charge on any atom is -0.339 e. The van der Waals surface area contributed by atoms with Gasteiger partial charge < -0.3 is 10.2 Å². The third-order valence-electron chi connectivity index (χ3n) is 4.21. The molecule has 0 aliphatic carbocycles. The van der Waals surface area contributed by atoms with Crippen LogP contribution in [0.4, 0.5) is 5.69 Å². The molecule has 4 nitrogen and oxygen atoms in total. The molecule has 0 aromatic heterocycles. The van der Waals surface area contributed by atoms with Gasteiger partial charge in [-0.25, -0.2) is 0 Å². The largest absolute Gasteiger partial charge is 0.339 e. The number of para-hydroxylation sites is 1. The van der Waals surface area contributed by atoms with Crippen molar-refractivity contribution in [1.29, 1.82) is 0 Å². The molecule has 1 aliphatic rings. The number of anilines is 1. The molecule has 1 fully saturated rings. The molecule has 3 rings (SSSR count). The molecule has 1 saturated heterocycles. The van der Waals surface area contributed by atoms with Crippen molar-refractivity contribution in [3.63, 3.8) is 0 Å². The maximum absolute atomic E-state index is 12.6. The summed E-state index contributed by atoms with van der Waals surface area (Å²) < 4.78 is 0. The molecule has 134 valence electrons. The lowest BCUT2D eigenvalue weighted by atomic mass is 10.1. The van der Waals surface area contributed by atoms with Gasteiger partial charge in [0, 0.05) is 34.8 Å². The molecule has 1 N–H and O–H groups in total. The van der Waals surface area contributed by atoms with Gasteiger partial charge in [-0.1, -0.05) is 41.4 Å². The van der Waals surface area contributed by atoms with Crippen molar-refractivity contribution in [2.75, 3.05) is 18.4 Å². The van der Waals surface area contributed by atoms with Crippen molar-refractivity contribution >= 4 is 46.8 Å². The average molecular weight is 389 g/mol. The zero-order valence-electron chi connectivity index (χ0n) is 14.0. The number of likely N-dealkylation sites (tertiary alicyclic amines) is 1. The normalized spacial score (nSPS) is 14.0. The molecule has 1 aliphatic heterocycles. The molecule has 2 aromatic rings. The van der Waals surface area contributed by atoms with Gasteiger partial charge in [0.05, 0.1) is 11.3 Å². The van der Waals surface area contributed by atoms with Crippen LogP contribution >= 0.6 is 23.2 Å². The first-order valence-corrected chi connectivity index (χ1v) is 9.13. The number of carbonyl (C=O) groups is 2. The second-order valence-corrected chi connectivity index (χ2v) is 6.82. The van der Waals surface area contributed by atoms with E-state index in [1.165, 1.54) is 6.08 Å². The molecule has 1 heterocycles. The number of carbonyl (C=O) groups excluding carboxylic acids is 2. The Labute approximate surface area is 162 Å². The van der Waals surface area contributed by atoms with Gasteiger partial charge in [0.15, 0.2) is 0 Å². The van der Waals surface area contributed by atoms with Gasteiger partial charge in [0.25, 0.3) is 5.91 Å². The Morgan fingerprint density at radius 2 is 1.62 bits per heavy atom. The van der Waals surface area contributed by atoms with E-state index < -0.39 is 0 Å². The van der Waals surface area contributed by atoms with E-state index in [2.05, 4.69) is 5.32 Å². The number of nitrogens with zero attached hydrogens (tertiary/aromatic N) is 1. The van der Waals surface area contributed by atoms with E-state index in [1.54, 1.807) is 48.5 Å². The monoisotopic (exact) mass is 388 g/mol. The number of nitrogens with one attached hydrogen (secondary N) is 1. The Morgan fingerprint density at radius 1 is 0.962 bits per heavy atom. The Bertz CT molecular complexity index is 838. The molecule has 0 unspecified atom stereocenters. The number of amides is 2. The van der Waals surface area contributed by atoms with E-state index in [9.17, 15) is 9.59 Å². The second-order valence-electron chi connectivity index (χ2n) is 6.00. The summed E-state index contributed by atoms with van der Waals surface area (Å²) in [5, 5.41) is 3.69. The average Bonchev–Trinajstić information content (AvgIpc) is 3.16. The fourth-order valence-corrected chi connectivity index (χ4v) is 3.40. The van der Waals surface area contributed by atoms with Gasteiger partial charge in [-0.2, -0.15) is 0 Å². The standard InChI is InChI=1S/C20H18Cl2N2O2/c21-16-7-5-8-17(22)14(16)10-11-19(25)23-18-9-2-1-6-15(18)20(26)24-12-3-4-13-24/h1-2,5-11H,3-4,12-13H2,(H,23,25)/b11-10+. The lowest BCUT2D eigenvalue weighted by Crippen LogP contribution is -2.28. The van der Waals surface area contributed by atoms with Crippen LogP contribution in [0, 0.1) is 0 Å². The SMILES string of the molecule is O=C(/C=C/c1c(Cl)cccc1Cl)Nc1ccccc1C(=O)N1CCCC1. The predicted molar refractivity (Wildman–Crippen MR) is 106 cm³/mol. The Balaban J connectivity index is 1.75. The lowest BCUT2D eigenvalue weighted by Gasteiger charge is -2.17. The number of rotatable bonds is 4. The zero-order valence-corrected chi connectivity index (χ0v) is 15.6. The van der Waals surface area contributed by atoms with Gasteiger partial charge >= 0.3 is 0 Å². The molecule has 0 saturated carbocycles. The predicted octanol–water partition coefficient (Wildman–Crippen LogP) is 4.88. The van der Waals surface area contributed by atoms with Crippen molar-refractivity contribution in [1.82, 2.24) is 4.90 Å². The Hall–Kier alpha value is -2.30. The molecule has 6 heteroatoms. The minimum atomic E-state index is -0.359. The molecule has 2 aromatic carbocycles. The van der Waals surface area contributed by atoms with Crippen LogP contribution in [0.2, 0.25) is 10.0 Å². The smallest absolute Gasteiger partial charge is 0.255 e. The van der Waals surface area contributed by atoms with Crippen LogP contribution in [0.15, 0.2) is 48.5 Å². The van der Waals surface area contributed by atoms with Gasteiger partial charge in [0.1, 0.15) is 0 Å². The molecular weight excluding hydrogens is 371 g/mol. The van der Waals surface area contributed by atoms with Crippen LogP contribution in [0.3, 0.4) is 0 Å². The first kappa shape index (κ1) is 18.5. The van der Waals surface area contributed by atoms with Crippen LogP contribution < -0.4 is 5.32 Å². The molecular formula is C20H18Cl2N2O2. The summed E-state index contributed by atoms with van der Waals surface area (Å²) in [6.45, 7) is 1.51. The zero-order chi connectivity index (χ0) is 18.5. The van der Waals surface area contributed by atoms with Crippen LogP contribution in [-0.4, -0.2) is 29.8 Å². The Morgan fingerprint density at radius 3 is 2.31 bits per heavy atom. The van der Waals surface area contributed by atoms with Crippen molar-refractivity contribution in [2.45, 2.75) is 12.8 Å². The molecule has 0 spiro atoms. The maximum atomic E-state index is 12.6. The van der Waals surface area contributed by atoms with Gasteiger partial charge in [-0.3, -0.25) is 9.59 Å². The van der Waals surface area contributed by atoms with Gasteiger partial charge in [0.2, 0.25) is 5.91 Å². The number of halogens is 2. The molecule has 26 heavy (non-hydrogen) atoms. The summed E-state index contributed by atoms with van der Waals surface area (Å²) in [5.74, 6) is -0.417.